The van der Waals surface area contributed by atoms with E-state index in [2.05, 4.69) is 69.5 Å². The molecule has 6 rings (SSSR count). The lowest BCUT2D eigenvalue weighted by atomic mass is 9.84. The number of aryl methyl sites for hydroxylation is 1. The summed E-state index contributed by atoms with van der Waals surface area (Å²) >= 11 is 3.62. The second-order valence-electron chi connectivity index (χ2n) is 12.7. The number of benzene rings is 2. The summed E-state index contributed by atoms with van der Waals surface area (Å²) in [5, 5.41) is 8.35. The van der Waals surface area contributed by atoms with Crippen LogP contribution in [0.15, 0.2) is 40.9 Å². The van der Waals surface area contributed by atoms with Crippen molar-refractivity contribution in [3.8, 4) is 5.75 Å². The highest BCUT2D eigenvalue weighted by Crippen LogP contribution is 2.37. The first-order valence-electron chi connectivity index (χ1n) is 15.8. The molecule has 0 unspecified atom stereocenters. The van der Waals surface area contributed by atoms with Crippen LogP contribution < -0.4 is 10.1 Å². The number of unbranched alkanes of at least 4 members (excludes halogenated alkanes) is 1. The molecule has 42 heavy (non-hydrogen) atoms. The summed E-state index contributed by atoms with van der Waals surface area (Å²) in [5.41, 5.74) is 4.47. The summed E-state index contributed by atoms with van der Waals surface area (Å²) in [6, 6.07) is 12.6. The fourth-order valence-corrected chi connectivity index (χ4v) is 7.78. The van der Waals surface area contributed by atoms with Gasteiger partial charge in [-0.1, -0.05) is 53.0 Å². The van der Waals surface area contributed by atoms with Crippen molar-refractivity contribution < 1.29 is 14.3 Å². The van der Waals surface area contributed by atoms with Crippen molar-refractivity contribution in [1.82, 2.24) is 20.0 Å². The third-order valence-electron chi connectivity index (χ3n) is 9.85. The number of likely N-dealkylation sites (tertiary alicyclic amines) is 1. The van der Waals surface area contributed by atoms with Gasteiger partial charge in [0.05, 0.1) is 23.2 Å². The number of rotatable bonds is 9. The Morgan fingerprint density at radius 2 is 1.83 bits per heavy atom. The lowest BCUT2D eigenvalue weighted by molar-refractivity contribution is -0.134. The SMILES string of the molecule is Cc1c(Br)cccc1OC1CCC(CCCCN2CC[C@@H](c3cccc4c([C@@H]5CCC(=O)NC5=O)nn(C)c34)C2)CC1. The van der Waals surface area contributed by atoms with Crippen LogP contribution in [-0.4, -0.2) is 52.2 Å². The Hall–Kier alpha value is -2.71. The van der Waals surface area contributed by atoms with Crippen LogP contribution in [-0.2, 0) is 16.6 Å². The van der Waals surface area contributed by atoms with E-state index in [0.29, 0.717) is 24.9 Å². The van der Waals surface area contributed by atoms with Crippen molar-refractivity contribution in [3.63, 3.8) is 0 Å². The molecule has 7 nitrogen and oxygen atoms in total. The Morgan fingerprint density at radius 3 is 2.64 bits per heavy atom. The Labute approximate surface area is 257 Å². The van der Waals surface area contributed by atoms with Gasteiger partial charge >= 0.3 is 0 Å². The number of aromatic nitrogens is 2. The highest BCUT2D eigenvalue weighted by Gasteiger charge is 2.33. The maximum atomic E-state index is 12.6. The van der Waals surface area contributed by atoms with Crippen LogP contribution in [0.1, 0.15) is 92.9 Å². The van der Waals surface area contributed by atoms with Crippen LogP contribution >= 0.6 is 15.9 Å². The van der Waals surface area contributed by atoms with Crippen LogP contribution in [0, 0.1) is 12.8 Å². The van der Waals surface area contributed by atoms with Crippen molar-refractivity contribution in [2.24, 2.45) is 13.0 Å². The average molecular weight is 636 g/mol. The number of piperidine rings is 1. The van der Waals surface area contributed by atoms with Crippen molar-refractivity contribution in [1.29, 1.82) is 0 Å². The number of carbonyl (C=O) groups is 2. The van der Waals surface area contributed by atoms with Gasteiger partial charge < -0.3 is 9.64 Å². The quantitative estimate of drug-likeness (QED) is 0.208. The zero-order valence-corrected chi connectivity index (χ0v) is 26.5. The smallest absolute Gasteiger partial charge is 0.235 e. The normalized spacial score (nSPS) is 25.2. The van der Waals surface area contributed by atoms with Gasteiger partial charge in [-0.15, -0.1) is 0 Å². The first-order chi connectivity index (χ1) is 20.4. The summed E-state index contributed by atoms with van der Waals surface area (Å²) in [5.74, 6) is 1.56. The minimum atomic E-state index is -0.361. The van der Waals surface area contributed by atoms with Crippen LogP contribution in [0.4, 0.5) is 0 Å². The molecule has 0 bridgehead atoms. The predicted octanol–water partition coefficient (Wildman–Crippen LogP) is 6.76. The predicted molar refractivity (Wildman–Crippen MR) is 169 cm³/mol. The van der Waals surface area contributed by atoms with Crippen molar-refractivity contribution >= 4 is 38.6 Å². The molecule has 3 heterocycles. The summed E-state index contributed by atoms with van der Waals surface area (Å²) < 4.78 is 9.42. The highest BCUT2D eigenvalue weighted by molar-refractivity contribution is 9.10. The second kappa shape index (κ2) is 12.9. The first-order valence-corrected chi connectivity index (χ1v) is 16.6. The fourth-order valence-electron chi connectivity index (χ4n) is 7.43. The molecule has 3 aromatic rings. The van der Waals surface area contributed by atoms with Crippen LogP contribution in [0.2, 0.25) is 0 Å². The number of imide groups is 1. The number of carbonyl (C=O) groups excluding carboxylic acids is 2. The second-order valence-corrected chi connectivity index (χ2v) is 13.5. The minimum absolute atomic E-state index is 0.187. The van der Waals surface area contributed by atoms with Gasteiger partial charge in [0.25, 0.3) is 0 Å². The topological polar surface area (TPSA) is 76.5 Å². The molecule has 0 radical (unpaired) electrons. The number of para-hydroxylation sites is 1. The van der Waals surface area contributed by atoms with Crippen LogP contribution in [0.25, 0.3) is 10.9 Å². The van der Waals surface area contributed by atoms with E-state index in [4.69, 9.17) is 9.84 Å². The van der Waals surface area contributed by atoms with Crippen molar-refractivity contribution in [3.05, 3.63) is 57.7 Å². The number of fused-ring (bicyclic) bond motifs is 1. The molecule has 1 aromatic heterocycles. The number of nitrogens with zero attached hydrogens (tertiary/aromatic N) is 3. The molecule has 2 saturated heterocycles. The Kier molecular flexibility index (Phi) is 9.01. The molecule has 0 spiro atoms. The molecular formula is C34H43BrN4O3. The Morgan fingerprint density at radius 1 is 1.02 bits per heavy atom. The number of nitrogens with one attached hydrogen (secondary N) is 1. The number of ether oxygens (including phenoxy) is 1. The molecule has 1 aliphatic carbocycles. The molecule has 1 saturated carbocycles. The molecule has 3 fully saturated rings. The van der Waals surface area contributed by atoms with Gasteiger partial charge in [-0.3, -0.25) is 19.6 Å². The molecule has 2 aliphatic heterocycles. The third kappa shape index (κ3) is 6.30. The van der Waals surface area contributed by atoms with Crippen LogP contribution in [0.5, 0.6) is 5.75 Å². The van der Waals surface area contributed by atoms with E-state index in [0.717, 1.165) is 65.1 Å². The number of hydrogen-bond donors (Lipinski definition) is 1. The molecule has 2 amide bonds. The summed E-state index contributed by atoms with van der Waals surface area (Å²) in [7, 11) is 1.98. The van der Waals surface area contributed by atoms with Crippen molar-refractivity contribution in [2.45, 2.75) is 89.1 Å². The van der Waals surface area contributed by atoms with E-state index in [1.165, 1.54) is 49.8 Å². The molecule has 224 valence electrons. The van der Waals surface area contributed by atoms with Gasteiger partial charge in [0.2, 0.25) is 11.8 Å². The third-order valence-corrected chi connectivity index (χ3v) is 10.7. The largest absolute Gasteiger partial charge is 0.490 e. The molecular weight excluding hydrogens is 592 g/mol. The van der Waals surface area contributed by atoms with E-state index in [1.54, 1.807) is 0 Å². The summed E-state index contributed by atoms with van der Waals surface area (Å²) in [4.78, 5) is 26.9. The minimum Gasteiger partial charge on any atom is -0.490 e. The van der Waals surface area contributed by atoms with E-state index in [-0.39, 0.29) is 17.7 Å². The van der Waals surface area contributed by atoms with Crippen LogP contribution in [0.3, 0.4) is 0 Å². The van der Waals surface area contributed by atoms with Gasteiger partial charge in [-0.25, -0.2) is 0 Å². The zero-order valence-electron chi connectivity index (χ0n) is 24.9. The lowest BCUT2D eigenvalue weighted by Gasteiger charge is -2.29. The van der Waals surface area contributed by atoms with Gasteiger partial charge in [0, 0.05) is 35.4 Å². The molecule has 8 heteroatoms. The molecule has 2 aromatic carbocycles. The first kappa shape index (κ1) is 29.4. The highest BCUT2D eigenvalue weighted by atomic mass is 79.9. The number of halogens is 1. The summed E-state index contributed by atoms with van der Waals surface area (Å²) in [6.07, 6.45) is 11.2. The number of amides is 2. The zero-order chi connectivity index (χ0) is 29.2. The molecule has 3 aliphatic rings. The molecule has 2 atom stereocenters. The van der Waals surface area contributed by atoms with Crippen molar-refractivity contribution in [2.75, 3.05) is 19.6 Å². The lowest BCUT2D eigenvalue weighted by Crippen LogP contribution is -2.39. The molecule has 1 N–H and O–H groups in total. The van der Waals surface area contributed by atoms with E-state index < -0.39 is 0 Å². The maximum Gasteiger partial charge on any atom is 0.235 e. The Balaban J connectivity index is 0.968. The van der Waals surface area contributed by atoms with Gasteiger partial charge in [0.15, 0.2) is 0 Å². The Bertz CT molecular complexity index is 1440. The van der Waals surface area contributed by atoms with E-state index >= 15 is 0 Å². The maximum absolute atomic E-state index is 12.6. The summed E-state index contributed by atoms with van der Waals surface area (Å²) in [6.45, 7) is 5.50. The fraction of sp³-hybridized carbons (Fsp3) is 0.559. The van der Waals surface area contributed by atoms with Gasteiger partial charge in [-0.05, 0) is 94.5 Å². The standard InChI is InChI=1S/C34H43BrN4O3/c1-22-29(35)10-6-11-30(22)42-25-14-12-23(13-15-25)7-3-4-19-39-20-18-24(21-39)26-8-5-9-27-32(37-38(2)33(26)27)28-16-17-31(40)36-34(28)41/h5-6,8-11,23-25,28H,3-4,7,12-21H2,1-2H3,(H,36,40,41)/t23?,24-,25?,28+/m1/s1. The van der Waals surface area contributed by atoms with Gasteiger partial charge in [-0.2, -0.15) is 5.10 Å². The van der Waals surface area contributed by atoms with E-state index in [1.807, 2.05) is 11.7 Å². The van der Waals surface area contributed by atoms with Gasteiger partial charge in [0.1, 0.15) is 5.75 Å². The monoisotopic (exact) mass is 634 g/mol. The van der Waals surface area contributed by atoms with E-state index in [9.17, 15) is 9.59 Å². The average Bonchev–Trinajstić information content (AvgIpc) is 3.59. The number of hydrogen-bond acceptors (Lipinski definition) is 5.